The van der Waals surface area contributed by atoms with E-state index < -0.39 is 0 Å². The summed E-state index contributed by atoms with van der Waals surface area (Å²) in [6, 6.07) is 6.83. The molecule has 1 aliphatic carbocycles. The minimum atomic E-state index is -0.0784. The van der Waals surface area contributed by atoms with Gasteiger partial charge in [0.25, 0.3) is 0 Å². The number of fused-ring (bicyclic) bond motifs is 1. The predicted molar refractivity (Wildman–Crippen MR) is 83.8 cm³/mol. The fourth-order valence-corrected chi connectivity index (χ4v) is 2.70. The second kappa shape index (κ2) is 5.54. The lowest BCUT2D eigenvalue weighted by Crippen LogP contribution is -2.14. The summed E-state index contributed by atoms with van der Waals surface area (Å²) in [5, 5.41) is 8.64. The largest absolute Gasteiger partial charge is 0.437 e. The van der Waals surface area contributed by atoms with E-state index in [9.17, 15) is 0 Å². The van der Waals surface area contributed by atoms with E-state index in [4.69, 9.17) is 39.1 Å². The quantitative estimate of drug-likeness (QED) is 0.664. The maximum absolute atomic E-state index is 7.70. The van der Waals surface area contributed by atoms with Crippen molar-refractivity contribution < 1.29 is 4.74 Å². The Morgan fingerprint density at radius 2 is 2.05 bits per heavy atom. The number of hydrogen-bond donors (Lipinski definition) is 2. The Bertz CT molecular complexity index is 731. The summed E-state index contributed by atoms with van der Waals surface area (Å²) in [6.45, 7) is 0. The van der Waals surface area contributed by atoms with Gasteiger partial charge in [-0.2, -0.15) is 0 Å². The van der Waals surface area contributed by atoms with Crippen LogP contribution >= 0.6 is 23.2 Å². The fourth-order valence-electron chi connectivity index (χ4n) is 2.38. The van der Waals surface area contributed by atoms with Crippen LogP contribution in [0.3, 0.4) is 0 Å². The number of amidine groups is 1. The first-order chi connectivity index (χ1) is 10.0. The van der Waals surface area contributed by atoms with Crippen molar-refractivity contribution in [1.82, 2.24) is 4.98 Å². The maximum Gasteiger partial charge on any atom is 0.230 e. The highest BCUT2D eigenvalue weighted by Crippen LogP contribution is 2.34. The van der Waals surface area contributed by atoms with E-state index >= 15 is 0 Å². The smallest absolute Gasteiger partial charge is 0.230 e. The van der Waals surface area contributed by atoms with Gasteiger partial charge in [-0.15, -0.1) is 0 Å². The third-order valence-electron chi connectivity index (χ3n) is 3.41. The predicted octanol–water partition coefficient (Wildman–Crippen LogP) is 3.95. The zero-order valence-corrected chi connectivity index (χ0v) is 12.6. The van der Waals surface area contributed by atoms with E-state index in [0.717, 1.165) is 30.5 Å². The van der Waals surface area contributed by atoms with Crippen molar-refractivity contribution in [2.75, 3.05) is 0 Å². The number of aromatic nitrogens is 1. The van der Waals surface area contributed by atoms with E-state index in [0.29, 0.717) is 27.2 Å². The molecule has 0 atom stereocenters. The monoisotopic (exact) mass is 321 g/mol. The third kappa shape index (κ3) is 2.82. The van der Waals surface area contributed by atoms with Crippen LogP contribution in [0.15, 0.2) is 24.3 Å². The molecule has 21 heavy (non-hydrogen) atoms. The molecule has 0 unspecified atom stereocenters. The van der Waals surface area contributed by atoms with Crippen LogP contribution in [0.5, 0.6) is 11.6 Å². The molecule has 0 radical (unpaired) electrons. The normalized spacial score (nSPS) is 13.0. The highest BCUT2D eigenvalue weighted by molar-refractivity contribution is 6.34. The number of nitrogens with zero attached hydrogens (tertiary/aromatic N) is 1. The van der Waals surface area contributed by atoms with E-state index in [1.54, 1.807) is 18.2 Å². The zero-order valence-electron chi connectivity index (χ0n) is 11.1. The summed E-state index contributed by atoms with van der Waals surface area (Å²) in [5.41, 5.74) is 8.24. The number of pyridine rings is 1. The summed E-state index contributed by atoms with van der Waals surface area (Å²) in [6.07, 6.45) is 2.93. The molecule has 0 aliphatic heterocycles. The van der Waals surface area contributed by atoms with Crippen LogP contribution in [-0.4, -0.2) is 10.8 Å². The van der Waals surface area contributed by atoms with Crippen molar-refractivity contribution in [2.24, 2.45) is 5.73 Å². The number of aryl methyl sites for hydroxylation is 2. The summed E-state index contributed by atoms with van der Waals surface area (Å²) < 4.78 is 5.76. The number of hydrogen-bond acceptors (Lipinski definition) is 3. The lowest BCUT2D eigenvalue weighted by Gasteiger charge is -2.12. The lowest BCUT2D eigenvalue weighted by molar-refractivity contribution is 0.460. The first-order valence-corrected chi connectivity index (χ1v) is 7.30. The van der Waals surface area contributed by atoms with Crippen LogP contribution in [0.25, 0.3) is 0 Å². The van der Waals surface area contributed by atoms with Crippen LogP contribution in [0.1, 0.15) is 23.2 Å². The van der Waals surface area contributed by atoms with Gasteiger partial charge in [0.05, 0.1) is 10.6 Å². The van der Waals surface area contributed by atoms with Crippen molar-refractivity contribution in [2.45, 2.75) is 19.3 Å². The first kappa shape index (κ1) is 14.2. The maximum atomic E-state index is 7.70. The van der Waals surface area contributed by atoms with Crippen molar-refractivity contribution in [3.8, 4) is 11.6 Å². The van der Waals surface area contributed by atoms with Gasteiger partial charge in [-0.25, -0.2) is 4.98 Å². The first-order valence-electron chi connectivity index (χ1n) is 6.54. The Balaban J connectivity index is 2.05. The number of nitrogens with one attached hydrogen (secondary N) is 1. The molecule has 0 bridgehead atoms. The number of nitrogens with two attached hydrogens (primary N) is 1. The Kier molecular flexibility index (Phi) is 3.74. The molecule has 0 saturated heterocycles. The number of benzene rings is 1. The Hall–Kier alpha value is -1.78. The van der Waals surface area contributed by atoms with Gasteiger partial charge in [0.15, 0.2) is 0 Å². The standard InChI is InChI=1S/C15H13Cl2N3O/c16-9-4-5-11(17)13(7-9)21-15-10(14(18)19)6-8-2-1-3-12(8)20-15/h4-7H,1-3H2,(H3,18,19). The SMILES string of the molecule is N=C(N)c1cc2c(nc1Oc1cc(Cl)ccc1Cl)CCC2. The second-order valence-electron chi connectivity index (χ2n) is 4.89. The molecule has 108 valence electrons. The lowest BCUT2D eigenvalue weighted by atomic mass is 10.1. The number of halogens is 2. The van der Waals surface area contributed by atoms with Crippen LogP contribution in [0, 0.1) is 5.41 Å². The van der Waals surface area contributed by atoms with Crippen LogP contribution in [0.4, 0.5) is 0 Å². The Morgan fingerprint density at radius 1 is 1.24 bits per heavy atom. The molecule has 0 fully saturated rings. The van der Waals surface area contributed by atoms with Gasteiger partial charge < -0.3 is 10.5 Å². The summed E-state index contributed by atoms with van der Waals surface area (Å²) in [5.74, 6) is 0.620. The molecule has 0 spiro atoms. The molecular weight excluding hydrogens is 309 g/mol. The number of ether oxygens (including phenoxy) is 1. The minimum Gasteiger partial charge on any atom is -0.437 e. The van der Waals surface area contributed by atoms with Crippen molar-refractivity contribution in [3.63, 3.8) is 0 Å². The Morgan fingerprint density at radius 3 is 2.81 bits per heavy atom. The van der Waals surface area contributed by atoms with Gasteiger partial charge in [0.1, 0.15) is 11.6 Å². The van der Waals surface area contributed by atoms with E-state index in [2.05, 4.69) is 4.98 Å². The average molecular weight is 322 g/mol. The summed E-state index contributed by atoms with van der Waals surface area (Å²) in [4.78, 5) is 4.50. The summed E-state index contributed by atoms with van der Waals surface area (Å²) in [7, 11) is 0. The third-order valence-corrected chi connectivity index (χ3v) is 3.95. The van der Waals surface area contributed by atoms with Gasteiger partial charge >= 0.3 is 0 Å². The molecule has 2 aromatic rings. The van der Waals surface area contributed by atoms with Gasteiger partial charge in [-0.05, 0) is 43.0 Å². The van der Waals surface area contributed by atoms with Gasteiger partial charge in [-0.3, -0.25) is 5.41 Å². The van der Waals surface area contributed by atoms with E-state index in [-0.39, 0.29) is 5.84 Å². The van der Waals surface area contributed by atoms with E-state index in [1.165, 1.54) is 0 Å². The zero-order chi connectivity index (χ0) is 15.0. The van der Waals surface area contributed by atoms with Crippen LogP contribution < -0.4 is 10.5 Å². The number of nitrogen functional groups attached to an aromatic ring is 1. The van der Waals surface area contributed by atoms with Gasteiger partial charge in [0, 0.05) is 16.8 Å². The topological polar surface area (TPSA) is 72.0 Å². The molecular formula is C15H13Cl2N3O. The molecule has 1 aliphatic rings. The van der Waals surface area contributed by atoms with Gasteiger partial charge in [0.2, 0.25) is 5.88 Å². The number of rotatable bonds is 3. The molecule has 0 saturated carbocycles. The minimum absolute atomic E-state index is 0.0784. The van der Waals surface area contributed by atoms with Crippen molar-refractivity contribution in [3.05, 3.63) is 51.1 Å². The van der Waals surface area contributed by atoms with Gasteiger partial charge in [-0.1, -0.05) is 23.2 Å². The van der Waals surface area contributed by atoms with Crippen molar-refractivity contribution in [1.29, 1.82) is 5.41 Å². The molecule has 1 heterocycles. The highest BCUT2D eigenvalue weighted by atomic mass is 35.5. The molecule has 3 N–H and O–H groups in total. The molecule has 1 aromatic heterocycles. The highest BCUT2D eigenvalue weighted by Gasteiger charge is 2.19. The van der Waals surface area contributed by atoms with Crippen molar-refractivity contribution >= 4 is 29.0 Å². The van der Waals surface area contributed by atoms with Crippen LogP contribution in [0.2, 0.25) is 10.0 Å². The van der Waals surface area contributed by atoms with E-state index in [1.807, 2.05) is 6.07 Å². The molecule has 0 amide bonds. The fraction of sp³-hybridized carbons (Fsp3) is 0.200. The molecule has 6 heteroatoms. The van der Waals surface area contributed by atoms with Crippen LogP contribution in [-0.2, 0) is 12.8 Å². The molecule has 4 nitrogen and oxygen atoms in total. The molecule has 3 rings (SSSR count). The molecule has 1 aromatic carbocycles. The summed E-state index contributed by atoms with van der Waals surface area (Å²) >= 11 is 12.1. The average Bonchev–Trinajstić information content (AvgIpc) is 2.89. The second-order valence-corrected chi connectivity index (χ2v) is 5.73. The Labute approximate surface area is 132 Å².